The maximum absolute atomic E-state index is 13.8. The topological polar surface area (TPSA) is 138 Å². The van der Waals surface area contributed by atoms with E-state index in [1.807, 2.05) is 6.07 Å². The lowest BCUT2D eigenvalue weighted by Gasteiger charge is -2.23. The van der Waals surface area contributed by atoms with Crippen LogP contribution in [0.4, 0.5) is 14.6 Å². The fraction of sp³-hybridized carbons (Fsp3) is 0.345. The summed E-state index contributed by atoms with van der Waals surface area (Å²) in [4.78, 5) is 30.6. The normalized spacial score (nSPS) is 29.4. The van der Waals surface area contributed by atoms with E-state index in [0.29, 0.717) is 41.1 Å². The quantitative estimate of drug-likeness (QED) is 0.273. The van der Waals surface area contributed by atoms with Crippen LogP contribution in [0.5, 0.6) is 0 Å². The van der Waals surface area contributed by atoms with Crippen molar-refractivity contribution in [3.63, 3.8) is 0 Å². The molecule has 0 aliphatic heterocycles. The number of aliphatic hydroxyl groups excluding tert-OH is 2. The number of anilines is 1. The van der Waals surface area contributed by atoms with E-state index in [0.717, 1.165) is 6.07 Å². The van der Waals surface area contributed by atoms with Gasteiger partial charge in [0.25, 0.3) is 0 Å². The first-order chi connectivity index (χ1) is 19.8. The highest BCUT2D eigenvalue weighted by Crippen LogP contribution is 2.67. The van der Waals surface area contributed by atoms with E-state index in [9.17, 15) is 23.8 Å². The van der Waals surface area contributed by atoms with Crippen LogP contribution in [-0.4, -0.2) is 65.9 Å². The fourth-order valence-corrected chi connectivity index (χ4v) is 6.28. The number of imidazole rings is 1. The molecule has 4 aromatic rings. The van der Waals surface area contributed by atoms with Gasteiger partial charge in [-0.2, -0.15) is 0 Å². The van der Waals surface area contributed by atoms with Gasteiger partial charge in [0, 0.05) is 31.1 Å². The highest BCUT2D eigenvalue weighted by Gasteiger charge is 2.75. The van der Waals surface area contributed by atoms with Crippen LogP contribution in [0.2, 0.25) is 0 Å². The molecule has 0 bridgehead atoms. The van der Waals surface area contributed by atoms with E-state index in [1.165, 1.54) is 19.4 Å². The van der Waals surface area contributed by atoms with Crippen molar-refractivity contribution in [2.45, 2.75) is 43.1 Å². The predicted molar refractivity (Wildman–Crippen MR) is 142 cm³/mol. The number of carbonyl (C=O) groups excluding carboxylic acids is 1. The molecule has 4 N–H and O–H groups in total. The summed E-state index contributed by atoms with van der Waals surface area (Å²) in [5.74, 6) is 4.02. The summed E-state index contributed by atoms with van der Waals surface area (Å²) >= 11 is 0. The van der Waals surface area contributed by atoms with Crippen molar-refractivity contribution in [1.82, 2.24) is 29.8 Å². The molecule has 208 valence electrons. The van der Waals surface area contributed by atoms with Crippen LogP contribution in [0.15, 0.2) is 48.9 Å². The van der Waals surface area contributed by atoms with Crippen LogP contribution in [0, 0.1) is 34.8 Å². The van der Waals surface area contributed by atoms with E-state index >= 15 is 0 Å². The lowest BCUT2D eigenvalue weighted by atomic mass is 9.98. The third-order valence-corrected chi connectivity index (χ3v) is 8.52. The zero-order valence-corrected chi connectivity index (χ0v) is 21.8. The Bertz CT molecular complexity index is 1750. The number of aromatic nitrogens is 5. The van der Waals surface area contributed by atoms with Crippen molar-refractivity contribution >= 4 is 22.9 Å². The summed E-state index contributed by atoms with van der Waals surface area (Å²) in [6.45, 7) is 0. The number of benzene rings is 1. The van der Waals surface area contributed by atoms with Gasteiger partial charge in [-0.1, -0.05) is 12.1 Å². The molecule has 1 aromatic carbocycles. The molecule has 10 nitrogen and oxygen atoms in total. The summed E-state index contributed by atoms with van der Waals surface area (Å²) in [5.41, 5.74) is 0.951. The molecule has 0 radical (unpaired) electrons. The largest absolute Gasteiger partial charge is 0.389 e. The number of aliphatic hydroxyl groups is 2. The van der Waals surface area contributed by atoms with E-state index in [-0.39, 0.29) is 29.6 Å². The number of fused-ring (bicyclic) bond motifs is 2. The molecule has 0 unspecified atom stereocenters. The van der Waals surface area contributed by atoms with E-state index in [1.54, 1.807) is 29.0 Å². The van der Waals surface area contributed by atoms with Gasteiger partial charge < -0.3 is 25.4 Å². The fourth-order valence-electron chi connectivity index (χ4n) is 6.28. The zero-order valence-electron chi connectivity index (χ0n) is 21.8. The maximum atomic E-state index is 13.8. The third kappa shape index (κ3) is 4.03. The molecule has 7 atom stereocenters. The molecular formula is C29H25F2N7O3. The van der Waals surface area contributed by atoms with Gasteiger partial charge in [0.05, 0.1) is 23.9 Å². The summed E-state index contributed by atoms with van der Waals surface area (Å²) in [6, 6.07) is 8.50. The lowest BCUT2D eigenvalue weighted by molar-refractivity contribution is -0.132. The number of hydrogen-bond donors (Lipinski definition) is 4. The second-order valence-electron chi connectivity index (χ2n) is 10.8. The maximum Gasteiger partial charge on any atom is 0.229 e. The monoisotopic (exact) mass is 557 g/mol. The molecule has 0 saturated heterocycles. The number of rotatable bonds is 5. The molecule has 0 spiro atoms. The van der Waals surface area contributed by atoms with Crippen LogP contribution in [0.1, 0.15) is 41.9 Å². The highest BCUT2D eigenvalue weighted by molar-refractivity contribution is 5.88. The van der Waals surface area contributed by atoms with Crippen molar-refractivity contribution in [2.75, 3.05) is 12.4 Å². The summed E-state index contributed by atoms with van der Waals surface area (Å²) in [7, 11) is 1.51. The Hall–Kier alpha value is -4.47. The first-order valence-corrected chi connectivity index (χ1v) is 13.3. The number of halogens is 2. The molecule has 12 heteroatoms. The number of nitrogens with zero attached hydrogens (tertiary/aromatic N) is 5. The second kappa shape index (κ2) is 9.29. The van der Waals surface area contributed by atoms with Crippen molar-refractivity contribution < 1.29 is 23.8 Å². The van der Waals surface area contributed by atoms with Gasteiger partial charge >= 0.3 is 0 Å². The molecule has 41 heavy (non-hydrogen) atoms. The van der Waals surface area contributed by atoms with Crippen LogP contribution in [0.25, 0.3) is 11.2 Å². The molecule has 3 saturated carbocycles. The minimum atomic E-state index is -1.24. The highest BCUT2D eigenvalue weighted by atomic mass is 19.2. The number of pyridine rings is 1. The van der Waals surface area contributed by atoms with Crippen LogP contribution < -0.4 is 10.6 Å². The number of hydrogen-bond acceptors (Lipinski definition) is 8. The summed E-state index contributed by atoms with van der Waals surface area (Å²) in [6.07, 6.45) is 1.81. The Morgan fingerprint density at radius 3 is 2.73 bits per heavy atom. The average molecular weight is 558 g/mol. The molecule has 3 aromatic heterocycles. The van der Waals surface area contributed by atoms with Crippen molar-refractivity contribution in [2.24, 2.45) is 11.3 Å². The van der Waals surface area contributed by atoms with E-state index < -0.39 is 35.3 Å². The second-order valence-corrected chi connectivity index (χ2v) is 10.8. The first-order valence-electron chi connectivity index (χ1n) is 13.3. The van der Waals surface area contributed by atoms with Crippen molar-refractivity contribution in [1.29, 1.82) is 0 Å². The van der Waals surface area contributed by atoms with Gasteiger partial charge in [0.1, 0.15) is 11.8 Å². The predicted octanol–water partition coefficient (Wildman–Crippen LogP) is 1.90. The minimum Gasteiger partial charge on any atom is -0.389 e. The SMILES string of the molecule is CNC(=O)[C@@]12C[C@@H]1[C@@H](n1cnc3c(N[C@H]4C[C@@H]4c4ccc(F)c(F)c4)nc(C#Cc4ccccn4)nc31)[C@H](O)[C@@H]2O. The lowest BCUT2D eigenvalue weighted by Crippen LogP contribution is -2.41. The Morgan fingerprint density at radius 2 is 1.98 bits per heavy atom. The standard InChI is InChI=1S/C29H25F2N7O3/c1-32-28(41)29-12-17(29)23(24(39)25(29)40)38-13-34-22-26(35-20-11-16(20)14-5-7-18(30)19(31)10-14)36-21(37-27(22)38)8-6-15-4-2-3-9-33-15/h2-5,7,9-10,13,16-17,20,23-25,39-40H,11-12H2,1H3,(H,32,41)(H,35,36,37)/t16-,17-,20+,23-,24+,25+,29+/m1/s1. The van der Waals surface area contributed by atoms with Crippen LogP contribution in [0.3, 0.4) is 0 Å². The Balaban J connectivity index is 1.26. The molecule has 3 fully saturated rings. The summed E-state index contributed by atoms with van der Waals surface area (Å²) in [5, 5.41) is 27.8. The first kappa shape index (κ1) is 25.5. The van der Waals surface area contributed by atoms with Crippen LogP contribution >= 0.6 is 0 Å². The Morgan fingerprint density at radius 1 is 1.12 bits per heavy atom. The number of carbonyl (C=O) groups is 1. The smallest absolute Gasteiger partial charge is 0.229 e. The molecule has 3 aliphatic carbocycles. The molecule has 1 amide bonds. The zero-order chi connectivity index (χ0) is 28.5. The number of nitrogens with one attached hydrogen (secondary N) is 2. The van der Waals surface area contributed by atoms with Gasteiger partial charge in [-0.25, -0.2) is 28.7 Å². The third-order valence-electron chi connectivity index (χ3n) is 8.52. The molecule has 3 heterocycles. The van der Waals surface area contributed by atoms with Gasteiger partial charge in [-0.15, -0.1) is 0 Å². The van der Waals surface area contributed by atoms with Crippen LogP contribution in [-0.2, 0) is 4.79 Å². The van der Waals surface area contributed by atoms with Crippen molar-refractivity contribution in [3.05, 3.63) is 77.6 Å². The summed E-state index contributed by atoms with van der Waals surface area (Å²) < 4.78 is 29.0. The molecular weight excluding hydrogens is 532 g/mol. The van der Waals surface area contributed by atoms with Gasteiger partial charge in [-0.05, 0) is 54.5 Å². The van der Waals surface area contributed by atoms with Gasteiger partial charge in [0.2, 0.25) is 11.7 Å². The van der Waals surface area contributed by atoms with Crippen molar-refractivity contribution in [3.8, 4) is 11.8 Å². The van der Waals surface area contributed by atoms with E-state index in [4.69, 9.17) is 0 Å². The number of amides is 1. The minimum absolute atomic E-state index is 0.0494. The molecule has 3 aliphatic rings. The molecule has 7 rings (SSSR count). The average Bonchev–Trinajstić information content (AvgIpc) is 3.86. The Kier molecular flexibility index (Phi) is 5.78. The Labute approximate surface area is 232 Å². The van der Waals surface area contributed by atoms with Gasteiger partial charge in [0.15, 0.2) is 28.6 Å². The van der Waals surface area contributed by atoms with E-state index in [2.05, 4.69) is 42.4 Å². The van der Waals surface area contributed by atoms with Gasteiger partial charge in [-0.3, -0.25) is 4.79 Å².